The minimum Gasteiger partial charge on any atom is -0.493 e. The molecule has 1 saturated carbocycles. The van der Waals surface area contributed by atoms with Crippen LogP contribution in [-0.4, -0.2) is 34.9 Å². The van der Waals surface area contributed by atoms with Crippen molar-refractivity contribution >= 4 is 17.2 Å². The van der Waals surface area contributed by atoms with Crippen LogP contribution < -0.4 is 16.0 Å². The lowest BCUT2D eigenvalue weighted by molar-refractivity contribution is -0.00335. The van der Waals surface area contributed by atoms with E-state index in [-0.39, 0.29) is 16.9 Å². The summed E-state index contributed by atoms with van der Waals surface area (Å²) in [6.45, 7) is 20.7. The molecule has 1 aromatic rings. The first-order valence-electron chi connectivity index (χ1n) is 14.8. The first-order chi connectivity index (χ1) is 17.6. The summed E-state index contributed by atoms with van der Waals surface area (Å²) in [5, 5.41) is 10.5. The molecule has 1 fully saturated rings. The van der Waals surface area contributed by atoms with E-state index in [9.17, 15) is 5.11 Å². The minimum absolute atomic E-state index is 0.0344. The molecule has 4 N–H and O–H groups in total. The van der Waals surface area contributed by atoms with Crippen molar-refractivity contribution in [2.75, 3.05) is 6.61 Å². The number of benzene rings is 1. The zero-order chi connectivity index (χ0) is 28.3. The monoisotopic (exact) mass is 526 g/mol. The molecule has 38 heavy (non-hydrogen) atoms. The quantitative estimate of drug-likeness (QED) is 0.143. The Labute approximate surface area is 231 Å². The highest BCUT2D eigenvalue weighted by Gasteiger charge is 2.32. The SMILES string of the molecule is CCC1(O)CCC(N=C(CCC(C)C2=Nc3c(cc(OCC(C)(C)C)cc3C(C)(C)C)C(C)C2)NN)CC1. The Morgan fingerprint density at radius 1 is 1.21 bits per heavy atom. The minimum atomic E-state index is -0.506. The van der Waals surface area contributed by atoms with E-state index in [1.165, 1.54) is 16.8 Å². The first kappa shape index (κ1) is 30.6. The second-order valence-corrected chi connectivity index (χ2v) is 14.2. The van der Waals surface area contributed by atoms with Gasteiger partial charge in [0, 0.05) is 12.1 Å². The average Bonchev–Trinajstić information content (AvgIpc) is 2.85. The number of nitrogens with zero attached hydrogens (tertiary/aromatic N) is 2. The van der Waals surface area contributed by atoms with Crippen LogP contribution in [0.15, 0.2) is 22.1 Å². The van der Waals surface area contributed by atoms with E-state index >= 15 is 0 Å². The Hall–Kier alpha value is -1.92. The fraction of sp³-hybridized carbons (Fsp3) is 0.750. The van der Waals surface area contributed by atoms with Gasteiger partial charge in [0.1, 0.15) is 11.6 Å². The highest BCUT2D eigenvalue weighted by atomic mass is 16.5. The van der Waals surface area contributed by atoms with E-state index in [1.54, 1.807) is 0 Å². The molecular formula is C32H54N4O2. The van der Waals surface area contributed by atoms with Crippen molar-refractivity contribution in [3.05, 3.63) is 23.3 Å². The molecule has 6 heteroatoms. The van der Waals surface area contributed by atoms with Gasteiger partial charge in [-0.25, -0.2) is 5.84 Å². The Bertz CT molecular complexity index is 1010. The molecule has 2 unspecified atom stereocenters. The van der Waals surface area contributed by atoms with Crippen LogP contribution in [0.5, 0.6) is 5.75 Å². The summed E-state index contributed by atoms with van der Waals surface area (Å²) in [5.74, 6) is 8.43. The molecule has 1 aliphatic heterocycles. The first-order valence-corrected chi connectivity index (χ1v) is 14.8. The number of amidine groups is 1. The maximum atomic E-state index is 10.5. The second kappa shape index (κ2) is 12.1. The highest BCUT2D eigenvalue weighted by molar-refractivity contribution is 5.93. The Morgan fingerprint density at radius 3 is 2.42 bits per heavy atom. The molecule has 2 atom stereocenters. The third-order valence-electron chi connectivity index (χ3n) is 8.33. The predicted molar refractivity (Wildman–Crippen MR) is 161 cm³/mol. The third-order valence-corrected chi connectivity index (χ3v) is 8.33. The summed E-state index contributed by atoms with van der Waals surface area (Å²) in [5.41, 5.74) is 7.38. The fourth-order valence-corrected chi connectivity index (χ4v) is 5.55. The van der Waals surface area contributed by atoms with Gasteiger partial charge in [0.05, 0.1) is 23.9 Å². The van der Waals surface area contributed by atoms with Gasteiger partial charge in [-0.15, -0.1) is 0 Å². The summed E-state index contributed by atoms with van der Waals surface area (Å²) in [6, 6.07) is 4.67. The lowest BCUT2D eigenvalue weighted by atomic mass is 9.79. The van der Waals surface area contributed by atoms with E-state index in [1.807, 2.05) is 0 Å². The lowest BCUT2D eigenvalue weighted by Gasteiger charge is -2.34. The Morgan fingerprint density at radius 2 is 1.87 bits per heavy atom. The molecule has 0 amide bonds. The normalized spacial score (nSPS) is 25.4. The maximum Gasteiger partial charge on any atom is 0.120 e. The largest absolute Gasteiger partial charge is 0.493 e. The number of fused-ring (bicyclic) bond motifs is 1. The van der Waals surface area contributed by atoms with Gasteiger partial charge < -0.3 is 15.3 Å². The fourth-order valence-electron chi connectivity index (χ4n) is 5.55. The number of ether oxygens (including phenoxy) is 1. The van der Waals surface area contributed by atoms with Crippen molar-refractivity contribution in [3.63, 3.8) is 0 Å². The maximum absolute atomic E-state index is 10.5. The molecule has 0 spiro atoms. The van der Waals surface area contributed by atoms with Crippen molar-refractivity contribution in [1.29, 1.82) is 0 Å². The lowest BCUT2D eigenvalue weighted by Crippen LogP contribution is -2.37. The molecule has 3 rings (SSSR count). The van der Waals surface area contributed by atoms with Crippen molar-refractivity contribution in [3.8, 4) is 5.75 Å². The van der Waals surface area contributed by atoms with Gasteiger partial charge >= 0.3 is 0 Å². The molecule has 1 heterocycles. The number of hydrazine groups is 1. The highest BCUT2D eigenvalue weighted by Crippen LogP contribution is 2.45. The Kier molecular flexibility index (Phi) is 9.73. The van der Waals surface area contributed by atoms with Gasteiger partial charge in [0.25, 0.3) is 0 Å². The summed E-state index contributed by atoms with van der Waals surface area (Å²) in [7, 11) is 0. The molecule has 0 bridgehead atoms. The molecule has 2 aliphatic rings. The van der Waals surface area contributed by atoms with Crippen LogP contribution in [0.2, 0.25) is 0 Å². The average molecular weight is 527 g/mol. The van der Waals surface area contributed by atoms with Gasteiger partial charge in [-0.05, 0) is 90.9 Å². The second-order valence-electron chi connectivity index (χ2n) is 14.2. The zero-order valence-electron chi connectivity index (χ0n) is 25.6. The van der Waals surface area contributed by atoms with E-state index in [4.69, 9.17) is 20.6 Å². The Balaban J connectivity index is 1.76. The van der Waals surface area contributed by atoms with Gasteiger partial charge in [0.2, 0.25) is 0 Å². The van der Waals surface area contributed by atoms with Gasteiger partial charge in [0.15, 0.2) is 0 Å². The van der Waals surface area contributed by atoms with Gasteiger partial charge in [-0.3, -0.25) is 9.98 Å². The van der Waals surface area contributed by atoms with Crippen LogP contribution >= 0.6 is 0 Å². The van der Waals surface area contributed by atoms with Crippen LogP contribution in [-0.2, 0) is 5.41 Å². The van der Waals surface area contributed by atoms with Gasteiger partial charge in [-0.2, -0.15) is 0 Å². The molecule has 1 aliphatic carbocycles. The number of hydrogen-bond acceptors (Lipinski definition) is 5. The summed E-state index contributed by atoms with van der Waals surface area (Å²) < 4.78 is 6.26. The van der Waals surface area contributed by atoms with E-state index in [0.717, 1.165) is 68.6 Å². The number of aliphatic hydroxyl groups is 1. The predicted octanol–water partition coefficient (Wildman–Crippen LogP) is 7.35. The third kappa shape index (κ3) is 8.05. The topological polar surface area (TPSA) is 92.2 Å². The standard InChI is InChI=1S/C32H54N4O2/c1-10-32(37)15-13-23(14-16-32)34-28(36-33)12-11-21(2)27-17-22(3)25-18-24(38-20-30(4,5)6)19-26(29(25)35-27)31(7,8)9/h18-19,21-23,37H,10-17,20,33H2,1-9H3,(H,34,36). The smallest absolute Gasteiger partial charge is 0.120 e. The molecular weight excluding hydrogens is 472 g/mol. The van der Waals surface area contributed by atoms with E-state index in [2.05, 4.69) is 79.9 Å². The molecule has 0 aromatic heterocycles. The number of rotatable bonds is 8. The number of aliphatic imine (C=N–C) groups is 2. The van der Waals surface area contributed by atoms with Gasteiger partial charge in [-0.1, -0.05) is 62.3 Å². The summed E-state index contributed by atoms with van der Waals surface area (Å²) >= 11 is 0. The van der Waals surface area contributed by atoms with Crippen molar-refractivity contribution in [1.82, 2.24) is 5.43 Å². The van der Waals surface area contributed by atoms with Crippen LogP contribution in [0.4, 0.5) is 5.69 Å². The number of hydrogen-bond donors (Lipinski definition) is 3. The molecule has 214 valence electrons. The van der Waals surface area contributed by atoms with E-state index < -0.39 is 5.60 Å². The summed E-state index contributed by atoms with van der Waals surface area (Å²) in [6.07, 6.45) is 7.01. The zero-order valence-corrected chi connectivity index (χ0v) is 25.6. The molecule has 6 nitrogen and oxygen atoms in total. The van der Waals surface area contributed by atoms with Crippen LogP contribution in [0.3, 0.4) is 0 Å². The van der Waals surface area contributed by atoms with E-state index in [0.29, 0.717) is 18.4 Å². The molecule has 0 saturated heterocycles. The van der Waals surface area contributed by atoms with Crippen molar-refractivity contribution in [2.24, 2.45) is 27.2 Å². The van der Waals surface area contributed by atoms with Crippen molar-refractivity contribution in [2.45, 2.75) is 137 Å². The van der Waals surface area contributed by atoms with Crippen molar-refractivity contribution < 1.29 is 9.84 Å². The van der Waals surface area contributed by atoms with Crippen LogP contribution in [0.25, 0.3) is 0 Å². The van der Waals surface area contributed by atoms with Crippen LogP contribution in [0, 0.1) is 11.3 Å². The molecule has 0 radical (unpaired) electrons. The molecule has 1 aromatic carbocycles. The number of nitrogens with two attached hydrogens (primary N) is 1. The summed E-state index contributed by atoms with van der Waals surface area (Å²) in [4.78, 5) is 10.2. The number of nitrogens with one attached hydrogen (secondary N) is 1. The van der Waals surface area contributed by atoms with Crippen LogP contribution in [0.1, 0.15) is 131 Å².